The molecule has 17 heavy (non-hydrogen) atoms. The number of thiophene rings is 1. The van der Waals surface area contributed by atoms with Crippen molar-refractivity contribution < 1.29 is 9.90 Å². The lowest BCUT2D eigenvalue weighted by Gasteiger charge is -2.40. The quantitative estimate of drug-likeness (QED) is 0.884. The molecule has 1 aromatic heterocycles. The first-order valence-electron chi connectivity index (χ1n) is 6.19. The Hall–Kier alpha value is -0.830. The van der Waals surface area contributed by atoms with Crippen molar-refractivity contribution in [1.82, 2.24) is 0 Å². The Labute approximate surface area is 107 Å². The summed E-state index contributed by atoms with van der Waals surface area (Å²) in [6.07, 6.45) is 4.37. The average Bonchev–Trinajstić information content (AvgIpc) is 2.74. The minimum Gasteiger partial charge on any atom is -0.481 e. The van der Waals surface area contributed by atoms with E-state index >= 15 is 0 Å². The molecule has 1 saturated carbocycles. The summed E-state index contributed by atoms with van der Waals surface area (Å²) in [5, 5.41) is 11.6. The number of carbonyl (C=O) groups is 1. The number of hydrogen-bond donors (Lipinski definition) is 1. The normalized spacial score (nSPS) is 22.2. The van der Waals surface area contributed by atoms with Gasteiger partial charge >= 0.3 is 5.97 Å². The molecule has 1 heterocycles. The second kappa shape index (κ2) is 4.45. The number of hydrogen-bond acceptors (Lipinski definition) is 2. The molecule has 0 saturated heterocycles. The monoisotopic (exact) mass is 252 g/mol. The van der Waals surface area contributed by atoms with Crippen molar-refractivity contribution in [3.05, 3.63) is 22.4 Å². The van der Waals surface area contributed by atoms with Gasteiger partial charge < -0.3 is 5.11 Å². The third-order valence-corrected chi connectivity index (χ3v) is 4.98. The molecule has 3 heteroatoms. The Morgan fingerprint density at radius 3 is 2.47 bits per heavy atom. The molecule has 1 aliphatic carbocycles. The first-order chi connectivity index (χ1) is 7.94. The zero-order valence-corrected chi connectivity index (χ0v) is 11.3. The van der Waals surface area contributed by atoms with Crippen molar-refractivity contribution in [1.29, 1.82) is 0 Å². The maximum atomic E-state index is 11.6. The third kappa shape index (κ3) is 2.71. The van der Waals surface area contributed by atoms with Crippen LogP contribution in [0.1, 0.15) is 44.4 Å². The van der Waals surface area contributed by atoms with Gasteiger partial charge in [0.05, 0.1) is 5.41 Å². The van der Waals surface area contributed by atoms with Crippen LogP contribution < -0.4 is 0 Å². The summed E-state index contributed by atoms with van der Waals surface area (Å²) >= 11 is 1.67. The van der Waals surface area contributed by atoms with Crippen molar-refractivity contribution in [3.63, 3.8) is 0 Å². The summed E-state index contributed by atoms with van der Waals surface area (Å²) < 4.78 is 0. The topological polar surface area (TPSA) is 37.3 Å². The van der Waals surface area contributed by atoms with Crippen LogP contribution in [0.5, 0.6) is 0 Å². The van der Waals surface area contributed by atoms with E-state index in [4.69, 9.17) is 0 Å². The van der Waals surface area contributed by atoms with E-state index in [9.17, 15) is 9.90 Å². The lowest BCUT2D eigenvalue weighted by atomic mass is 9.63. The molecule has 0 spiro atoms. The second-order valence-corrected chi connectivity index (χ2v) is 7.04. The van der Waals surface area contributed by atoms with Crippen molar-refractivity contribution in [2.45, 2.75) is 46.0 Å². The average molecular weight is 252 g/mol. The van der Waals surface area contributed by atoms with Gasteiger partial charge in [0.25, 0.3) is 0 Å². The van der Waals surface area contributed by atoms with Crippen LogP contribution in [0.3, 0.4) is 0 Å². The largest absolute Gasteiger partial charge is 0.481 e. The van der Waals surface area contributed by atoms with Gasteiger partial charge in [0.2, 0.25) is 0 Å². The van der Waals surface area contributed by atoms with Crippen molar-refractivity contribution in [2.24, 2.45) is 10.8 Å². The molecule has 0 unspecified atom stereocenters. The fourth-order valence-corrected chi connectivity index (χ4v) is 3.47. The van der Waals surface area contributed by atoms with E-state index in [1.165, 1.54) is 4.88 Å². The predicted octanol–water partition coefficient (Wildman–Crippen LogP) is 3.96. The lowest BCUT2D eigenvalue weighted by Crippen LogP contribution is -2.39. The predicted molar refractivity (Wildman–Crippen MR) is 70.3 cm³/mol. The summed E-state index contributed by atoms with van der Waals surface area (Å²) in [6.45, 7) is 4.48. The molecule has 1 aromatic rings. The van der Waals surface area contributed by atoms with Gasteiger partial charge in [0.15, 0.2) is 0 Å². The molecule has 1 aliphatic rings. The van der Waals surface area contributed by atoms with Gasteiger partial charge in [-0.3, -0.25) is 4.79 Å². The van der Waals surface area contributed by atoms with Gasteiger partial charge in [-0.25, -0.2) is 0 Å². The van der Waals surface area contributed by atoms with Crippen molar-refractivity contribution >= 4 is 17.3 Å². The van der Waals surface area contributed by atoms with E-state index in [0.29, 0.717) is 11.8 Å². The molecule has 0 amide bonds. The van der Waals surface area contributed by atoms with E-state index < -0.39 is 11.4 Å². The van der Waals surface area contributed by atoms with E-state index in [1.54, 1.807) is 11.3 Å². The summed E-state index contributed by atoms with van der Waals surface area (Å²) in [7, 11) is 0. The van der Waals surface area contributed by atoms with Crippen LogP contribution in [0.15, 0.2) is 17.5 Å². The molecule has 0 atom stereocenters. The van der Waals surface area contributed by atoms with Crippen LogP contribution in [0, 0.1) is 10.8 Å². The Kier molecular flexibility index (Phi) is 3.30. The van der Waals surface area contributed by atoms with E-state index in [1.807, 2.05) is 11.4 Å². The molecule has 2 nitrogen and oxygen atoms in total. The lowest BCUT2D eigenvalue weighted by molar-refractivity contribution is -0.152. The Morgan fingerprint density at radius 2 is 2.00 bits per heavy atom. The molecule has 1 N–H and O–H groups in total. The molecule has 1 fully saturated rings. The number of rotatable bonds is 3. The minimum atomic E-state index is -0.610. The highest BCUT2D eigenvalue weighted by atomic mass is 32.1. The smallest absolute Gasteiger partial charge is 0.309 e. The zero-order valence-electron chi connectivity index (χ0n) is 10.5. The van der Waals surface area contributed by atoms with Gasteiger partial charge in [-0.2, -0.15) is 0 Å². The Bertz CT molecular complexity index is 382. The first kappa shape index (κ1) is 12.6. The summed E-state index contributed by atoms with van der Waals surface area (Å²) in [5.74, 6) is -0.610. The molecular formula is C14H20O2S. The van der Waals surface area contributed by atoms with Gasteiger partial charge in [0, 0.05) is 4.88 Å². The standard InChI is InChI=1S/C14H20O2S/c1-13(2)5-7-14(8-6-13,12(15)16)10-11-4-3-9-17-11/h3-4,9H,5-8,10H2,1-2H3,(H,15,16). The summed E-state index contributed by atoms with van der Waals surface area (Å²) in [5.41, 5.74) is -0.200. The number of carboxylic acids is 1. The van der Waals surface area contributed by atoms with Crippen LogP contribution >= 0.6 is 11.3 Å². The summed E-state index contributed by atoms with van der Waals surface area (Å²) in [6, 6.07) is 4.05. The van der Waals surface area contributed by atoms with Crippen LogP contribution in [-0.2, 0) is 11.2 Å². The molecule has 94 valence electrons. The maximum absolute atomic E-state index is 11.6. The van der Waals surface area contributed by atoms with E-state index in [2.05, 4.69) is 19.9 Å². The van der Waals surface area contributed by atoms with Crippen LogP contribution in [-0.4, -0.2) is 11.1 Å². The highest BCUT2D eigenvalue weighted by Gasteiger charge is 2.44. The Balaban J connectivity index is 2.15. The Morgan fingerprint density at radius 1 is 1.35 bits per heavy atom. The molecule has 0 aromatic carbocycles. The summed E-state index contributed by atoms with van der Waals surface area (Å²) in [4.78, 5) is 12.8. The van der Waals surface area contributed by atoms with Gasteiger partial charge in [-0.15, -0.1) is 11.3 Å². The number of carboxylic acid groups (broad SMARTS) is 1. The fraction of sp³-hybridized carbons (Fsp3) is 0.643. The van der Waals surface area contributed by atoms with Crippen molar-refractivity contribution in [2.75, 3.05) is 0 Å². The second-order valence-electron chi connectivity index (χ2n) is 6.01. The van der Waals surface area contributed by atoms with Crippen LogP contribution in [0.25, 0.3) is 0 Å². The van der Waals surface area contributed by atoms with Gasteiger partial charge in [-0.05, 0) is 49.0 Å². The third-order valence-electron chi connectivity index (χ3n) is 4.11. The van der Waals surface area contributed by atoms with Gasteiger partial charge in [0.1, 0.15) is 0 Å². The minimum absolute atomic E-state index is 0.314. The van der Waals surface area contributed by atoms with Crippen LogP contribution in [0.2, 0.25) is 0 Å². The molecule has 0 aliphatic heterocycles. The zero-order chi connectivity index (χ0) is 12.5. The molecular weight excluding hydrogens is 232 g/mol. The first-order valence-corrected chi connectivity index (χ1v) is 7.07. The van der Waals surface area contributed by atoms with E-state index in [0.717, 1.165) is 25.7 Å². The molecule has 0 bridgehead atoms. The highest BCUT2D eigenvalue weighted by Crippen LogP contribution is 2.47. The van der Waals surface area contributed by atoms with Crippen LogP contribution in [0.4, 0.5) is 0 Å². The maximum Gasteiger partial charge on any atom is 0.309 e. The highest BCUT2D eigenvalue weighted by molar-refractivity contribution is 7.09. The van der Waals surface area contributed by atoms with E-state index in [-0.39, 0.29) is 0 Å². The molecule has 0 radical (unpaired) electrons. The van der Waals surface area contributed by atoms with Gasteiger partial charge in [-0.1, -0.05) is 19.9 Å². The molecule has 2 rings (SSSR count). The number of aliphatic carboxylic acids is 1. The SMILES string of the molecule is CC1(C)CCC(Cc2cccs2)(C(=O)O)CC1. The fourth-order valence-electron chi connectivity index (χ4n) is 2.62. The van der Waals surface area contributed by atoms with Crippen molar-refractivity contribution in [3.8, 4) is 0 Å².